The van der Waals surface area contributed by atoms with E-state index < -0.39 is 47.6 Å². The van der Waals surface area contributed by atoms with Gasteiger partial charge >= 0.3 is 0 Å². The summed E-state index contributed by atoms with van der Waals surface area (Å²) in [5, 5.41) is 10.9. The van der Waals surface area contributed by atoms with Crippen molar-refractivity contribution < 1.29 is 29.0 Å². The van der Waals surface area contributed by atoms with E-state index in [9.17, 15) is 9.90 Å². The van der Waals surface area contributed by atoms with Gasteiger partial charge in [-0.25, -0.2) is 0 Å². The Morgan fingerprint density at radius 3 is 2.29 bits per heavy atom. The van der Waals surface area contributed by atoms with Crippen LogP contribution in [0.5, 0.6) is 5.75 Å². The van der Waals surface area contributed by atoms with Crippen LogP contribution in [0.25, 0.3) is 0 Å². The Balaban J connectivity index is 1.37. The second kappa shape index (κ2) is 12.1. The van der Waals surface area contributed by atoms with Crippen molar-refractivity contribution in [2.24, 2.45) is 11.8 Å². The minimum atomic E-state index is -1.47. The number of likely N-dealkylation sites (tertiary alicyclic amines) is 1. The molecule has 4 aliphatic heterocycles. The van der Waals surface area contributed by atoms with Crippen LogP contribution in [0, 0.1) is 25.7 Å². The van der Waals surface area contributed by atoms with Gasteiger partial charge in [-0.15, -0.1) is 0 Å². The first-order chi connectivity index (χ1) is 23.1. The molecule has 1 spiro atoms. The Bertz CT molecular complexity index is 1810. The van der Waals surface area contributed by atoms with Gasteiger partial charge in [0.25, 0.3) is 5.91 Å². The highest BCUT2D eigenvalue weighted by atomic mass is 16.5. The number of benzene rings is 3. The van der Waals surface area contributed by atoms with Gasteiger partial charge in [0, 0.05) is 24.5 Å². The molecule has 48 heavy (non-hydrogen) atoms. The molecule has 2 saturated heterocycles. The quantitative estimate of drug-likeness (QED) is 0.366. The molecule has 2 fully saturated rings. The molecule has 9 heteroatoms. The molecule has 4 heterocycles. The average Bonchev–Trinajstić information content (AvgIpc) is 3.35. The second-order valence-corrected chi connectivity index (χ2v) is 13.3. The Kier molecular flexibility index (Phi) is 8.00. The summed E-state index contributed by atoms with van der Waals surface area (Å²) in [6.07, 6.45) is 7.49. The summed E-state index contributed by atoms with van der Waals surface area (Å²) in [7, 11) is 0. The van der Waals surface area contributed by atoms with Gasteiger partial charge in [0.15, 0.2) is 0 Å². The van der Waals surface area contributed by atoms with Gasteiger partial charge in [-0.05, 0) is 74.7 Å². The Morgan fingerprint density at radius 1 is 0.875 bits per heavy atom. The van der Waals surface area contributed by atoms with Crippen LogP contribution in [0.15, 0.2) is 97.1 Å². The van der Waals surface area contributed by atoms with Gasteiger partial charge < -0.3 is 29.3 Å². The average molecular weight is 648 g/mol. The van der Waals surface area contributed by atoms with Gasteiger partial charge in [-0.3, -0.25) is 14.4 Å². The molecule has 3 amide bonds. The van der Waals surface area contributed by atoms with Crippen LogP contribution < -0.4 is 14.5 Å². The lowest BCUT2D eigenvalue weighted by atomic mass is 9.74. The molecule has 0 radical (unpaired) electrons. The van der Waals surface area contributed by atoms with Crippen LogP contribution in [0.1, 0.15) is 36.6 Å². The van der Waals surface area contributed by atoms with E-state index in [0.29, 0.717) is 30.2 Å². The first-order valence-electron chi connectivity index (χ1n) is 16.6. The van der Waals surface area contributed by atoms with Crippen molar-refractivity contribution in [1.29, 1.82) is 0 Å². The number of nitrogens with zero attached hydrogens (tertiary/aromatic N) is 3. The molecule has 1 N–H and O–H groups in total. The summed E-state index contributed by atoms with van der Waals surface area (Å²) < 4.78 is 12.7. The monoisotopic (exact) mass is 647 g/mol. The highest BCUT2D eigenvalue weighted by molar-refractivity contribution is 6.08. The summed E-state index contributed by atoms with van der Waals surface area (Å²) in [4.78, 5) is 49.8. The number of aliphatic hydroxyl groups excluding tert-OH is 1. The van der Waals surface area contributed by atoms with E-state index in [2.05, 4.69) is 0 Å². The van der Waals surface area contributed by atoms with Gasteiger partial charge in [0.2, 0.25) is 11.8 Å². The fourth-order valence-electron chi connectivity index (χ4n) is 8.17. The zero-order valence-electron chi connectivity index (χ0n) is 27.7. The third-order valence-corrected chi connectivity index (χ3v) is 10.3. The number of anilines is 2. The Morgan fingerprint density at radius 2 is 1.58 bits per heavy atom. The molecular weight excluding hydrogens is 606 g/mol. The highest BCUT2D eigenvalue weighted by Gasteiger charge is 2.75. The van der Waals surface area contributed by atoms with Crippen molar-refractivity contribution in [3.8, 4) is 5.75 Å². The van der Waals surface area contributed by atoms with Crippen LogP contribution in [0.4, 0.5) is 11.4 Å². The zero-order chi connectivity index (χ0) is 33.8. The van der Waals surface area contributed by atoms with E-state index in [0.717, 1.165) is 16.8 Å². The van der Waals surface area contributed by atoms with E-state index >= 15 is 9.59 Å². The SMILES string of the molecule is CCOc1ccc(N2CC=C[C@@]3(C)O[C@]45C=CCN(c6cc(C)ccc6C)C(=O)C4N([C@H](CO)c4ccccc4)C(=O)[C@@H]5[C@H]3C2=O)cc1. The number of carbonyl (C=O) groups is 3. The predicted octanol–water partition coefficient (Wildman–Crippen LogP) is 4.91. The fraction of sp³-hybridized carbons (Fsp3) is 0.359. The normalized spacial score (nSPS) is 28.6. The molecule has 7 rings (SSSR count). The third kappa shape index (κ3) is 4.87. The molecule has 0 saturated carbocycles. The lowest BCUT2D eigenvalue weighted by molar-refractivity contribution is -0.148. The maximum Gasteiger partial charge on any atom is 0.253 e. The van der Waals surface area contributed by atoms with Gasteiger partial charge in [-0.1, -0.05) is 66.8 Å². The smallest absolute Gasteiger partial charge is 0.253 e. The summed E-state index contributed by atoms with van der Waals surface area (Å²) in [5.74, 6) is -2.25. The van der Waals surface area contributed by atoms with E-state index in [4.69, 9.17) is 9.47 Å². The topological polar surface area (TPSA) is 99.6 Å². The zero-order valence-corrected chi connectivity index (χ0v) is 27.7. The van der Waals surface area contributed by atoms with E-state index in [1.165, 1.54) is 4.90 Å². The number of fused-ring (bicyclic) bond motifs is 2. The molecule has 0 aliphatic carbocycles. The number of hydrogen-bond acceptors (Lipinski definition) is 6. The third-order valence-electron chi connectivity index (χ3n) is 10.3. The first kappa shape index (κ1) is 31.8. The van der Waals surface area contributed by atoms with E-state index in [-0.39, 0.29) is 18.4 Å². The minimum absolute atomic E-state index is 0.262. The van der Waals surface area contributed by atoms with Crippen molar-refractivity contribution >= 4 is 29.1 Å². The molecule has 248 valence electrons. The molecule has 3 aromatic rings. The van der Waals surface area contributed by atoms with Gasteiger partial charge in [0.1, 0.15) is 17.4 Å². The molecule has 3 aromatic carbocycles. The van der Waals surface area contributed by atoms with Crippen molar-refractivity contribution in [3.05, 3.63) is 114 Å². The van der Waals surface area contributed by atoms with Crippen molar-refractivity contribution in [2.75, 3.05) is 36.1 Å². The lowest BCUT2D eigenvalue weighted by Gasteiger charge is -2.40. The molecule has 9 nitrogen and oxygen atoms in total. The molecule has 4 aliphatic rings. The largest absolute Gasteiger partial charge is 0.494 e. The minimum Gasteiger partial charge on any atom is -0.494 e. The standard InChI is InChI=1S/C39H41N3O6/c1-5-47-29-17-15-28(16-18-29)40-21-9-19-38(4)32(35(40)44)33-36(45)42(31(24-43)27-11-7-6-8-12-27)34-37(46)41(22-10-20-39(33,34)48-38)30-23-25(2)13-14-26(30)3/h6-20,23,31-34,43H,5,21-22,24H2,1-4H3/t31-,32+,33+,34?,38-,39+/m1/s1. The summed E-state index contributed by atoms with van der Waals surface area (Å²) >= 11 is 0. The Labute approximate surface area is 281 Å². The number of rotatable bonds is 7. The van der Waals surface area contributed by atoms with E-state index in [1.807, 2.05) is 125 Å². The van der Waals surface area contributed by atoms with Crippen molar-refractivity contribution in [1.82, 2.24) is 4.90 Å². The van der Waals surface area contributed by atoms with E-state index in [1.54, 1.807) is 9.80 Å². The molecule has 1 unspecified atom stereocenters. The molecule has 0 aromatic heterocycles. The summed E-state index contributed by atoms with van der Waals surface area (Å²) in [5.41, 5.74) is 1.37. The number of aryl methyl sites for hydroxylation is 2. The van der Waals surface area contributed by atoms with Crippen molar-refractivity contribution in [2.45, 2.75) is 51.0 Å². The summed E-state index contributed by atoms with van der Waals surface area (Å²) in [6, 6.07) is 20.5. The fourth-order valence-corrected chi connectivity index (χ4v) is 8.17. The molecule has 6 atom stereocenters. The van der Waals surface area contributed by atoms with Crippen molar-refractivity contribution in [3.63, 3.8) is 0 Å². The molecular formula is C39H41N3O6. The maximum atomic E-state index is 15.1. The number of ether oxygens (including phenoxy) is 2. The van der Waals surface area contributed by atoms with Crippen LogP contribution >= 0.6 is 0 Å². The van der Waals surface area contributed by atoms with Crippen LogP contribution in [0.3, 0.4) is 0 Å². The first-order valence-corrected chi connectivity index (χ1v) is 16.6. The van der Waals surface area contributed by atoms with Crippen LogP contribution in [0.2, 0.25) is 0 Å². The van der Waals surface area contributed by atoms with Gasteiger partial charge in [0.05, 0.1) is 36.7 Å². The number of hydrogen-bond donors (Lipinski definition) is 1. The number of aliphatic hydroxyl groups is 1. The highest BCUT2D eigenvalue weighted by Crippen LogP contribution is 2.59. The molecule has 0 bridgehead atoms. The number of carbonyl (C=O) groups excluding carboxylic acids is 3. The maximum absolute atomic E-state index is 15.1. The Hall–Kier alpha value is -4.73. The number of amides is 3. The summed E-state index contributed by atoms with van der Waals surface area (Å²) in [6.45, 7) is 8.35. The predicted molar refractivity (Wildman–Crippen MR) is 183 cm³/mol. The van der Waals surface area contributed by atoms with Crippen LogP contribution in [-0.4, -0.2) is 71.3 Å². The lowest BCUT2D eigenvalue weighted by Crippen LogP contribution is -2.57. The van der Waals surface area contributed by atoms with Crippen LogP contribution in [-0.2, 0) is 19.1 Å². The van der Waals surface area contributed by atoms with Gasteiger partial charge in [-0.2, -0.15) is 0 Å². The second-order valence-electron chi connectivity index (χ2n) is 13.3.